The first-order valence-corrected chi connectivity index (χ1v) is 8.28. The monoisotopic (exact) mass is 378 g/mol. The lowest BCUT2D eigenvalue weighted by molar-refractivity contribution is -0.138. The lowest BCUT2D eigenvalue weighted by Gasteiger charge is -2.16. The third-order valence-corrected chi connectivity index (χ3v) is 4.71. The first-order valence-electron chi connectivity index (χ1n) is 6.80. The maximum Gasteiger partial charge on any atom is 0.417 e. The number of aromatic nitrogens is 3. The van der Waals surface area contributed by atoms with Crippen molar-refractivity contribution in [3.8, 4) is 0 Å². The second kappa shape index (κ2) is 6.80. The average molecular weight is 378 g/mol. The van der Waals surface area contributed by atoms with Gasteiger partial charge < -0.3 is 5.11 Å². The molecule has 25 heavy (non-hydrogen) atoms. The van der Waals surface area contributed by atoms with Gasteiger partial charge in [0.05, 0.1) is 22.6 Å². The first kappa shape index (κ1) is 18.9. The number of carbonyl (C=O) groups is 1. The van der Waals surface area contributed by atoms with Crippen molar-refractivity contribution < 1.29 is 31.5 Å². The fourth-order valence-electron chi connectivity index (χ4n) is 2.09. The molecule has 0 spiro atoms. The Bertz CT molecular complexity index is 866. The summed E-state index contributed by atoms with van der Waals surface area (Å²) in [7, 11) is -4.29. The highest BCUT2D eigenvalue weighted by atomic mass is 32.2. The number of nitrogens with zero attached hydrogens (tertiary/aromatic N) is 3. The molecule has 12 heteroatoms. The number of alkyl halides is 3. The Kier molecular flexibility index (Phi) is 5.13. The van der Waals surface area contributed by atoms with E-state index >= 15 is 0 Å². The summed E-state index contributed by atoms with van der Waals surface area (Å²) in [5, 5.41) is 12.6. The van der Waals surface area contributed by atoms with E-state index in [2.05, 4.69) is 14.8 Å². The van der Waals surface area contributed by atoms with Gasteiger partial charge in [-0.3, -0.25) is 4.68 Å². The van der Waals surface area contributed by atoms with Crippen molar-refractivity contribution in [3.63, 3.8) is 0 Å². The normalized spacial score (nSPS) is 13.6. The molecular formula is C13H13F3N4O4S. The molecule has 0 bridgehead atoms. The summed E-state index contributed by atoms with van der Waals surface area (Å²) in [6.07, 6.45) is -2.40. The summed E-state index contributed by atoms with van der Waals surface area (Å²) in [5.41, 5.74) is -2.56. The number of sulfonamides is 1. The van der Waals surface area contributed by atoms with Crippen LogP contribution in [0.25, 0.3) is 0 Å². The molecule has 8 nitrogen and oxygen atoms in total. The SMILES string of the molecule is CC(Cn1cncn1)NS(=O)(=O)c1ccc(C(=O)O)c(C(F)(F)F)c1. The van der Waals surface area contributed by atoms with Crippen molar-refractivity contribution >= 4 is 16.0 Å². The van der Waals surface area contributed by atoms with Crippen LogP contribution >= 0.6 is 0 Å². The molecule has 1 unspecified atom stereocenters. The summed E-state index contributed by atoms with van der Waals surface area (Å²) in [5.74, 6) is -1.80. The number of hydrogen-bond donors (Lipinski definition) is 2. The van der Waals surface area contributed by atoms with Crippen LogP contribution in [0.4, 0.5) is 13.2 Å². The highest BCUT2D eigenvalue weighted by Gasteiger charge is 2.36. The number of halogens is 3. The summed E-state index contributed by atoms with van der Waals surface area (Å²) in [6.45, 7) is 1.61. The molecule has 0 aliphatic heterocycles. The van der Waals surface area contributed by atoms with E-state index in [4.69, 9.17) is 5.11 Å². The van der Waals surface area contributed by atoms with Crippen LogP contribution in [0.1, 0.15) is 22.8 Å². The van der Waals surface area contributed by atoms with Crippen LogP contribution < -0.4 is 4.72 Å². The van der Waals surface area contributed by atoms with Gasteiger partial charge in [0.2, 0.25) is 10.0 Å². The standard InChI is InChI=1S/C13H13F3N4O4S/c1-8(5-20-7-17-6-18-20)19-25(23,24)9-2-3-10(12(21)22)11(4-9)13(14,15)16/h2-4,6-8,19H,5H2,1H3,(H,21,22). The molecule has 0 aliphatic carbocycles. The number of aromatic carboxylic acids is 1. The van der Waals surface area contributed by atoms with Gasteiger partial charge in [-0.2, -0.15) is 18.3 Å². The third kappa shape index (κ3) is 4.54. The number of carboxylic acid groups (broad SMARTS) is 1. The minimum absolute atomic E-state index is 0.110. The predicted octanol–water partition coefficient (Wildman–Crippen LogP) is 1.36. The van der Waals surface area contributed by atoms with E-state index in [-0.39, 0.29) is 6.54 Å². The lowest BCUT2D eigenvalue weighted by Crippen LogP contribution is -2.36. The number of carboxylic acids is 1. The third-order valence-electron chi connectivity index (χ3n) is 3.12. The van der Waals surface area contributed by atoms with Crippen molar-refractivity contribution in [3.05, 3.63) is 42.0 Å². The maximum atomic E-state index is 13.0. The quantitative estimate of drug-likeness (QED) is 0.785. The van der Waals surface area contributed by atoms with Gasteiger partial charge in [-0.15, -0.1) is 0 Å². The van der Waals surface area contributed by atoms with E-state index in [1.165, 1.54) is 24.3 Å². The van der Waals surface area contributed by atoms with E-state index < -0.39 is 44.2 Å². The van der Waals surface area contributed by atoms with E-state index in [0.29, 0.717) is 12.1 Å². The number of nitrogens with one attached hydrogen (secondary N) is 1. The van der Waals surface area contributed by atoms with Crippen LogP contribution in [0, 0.1) is 0 Å². The van der Waals surface area contributed by atoms with Crippen molar-refractivity contribution in [2.24, 2.45) is 0 Å². The lowest BCUT2D eigenvalue weighted by atomic mass is 10.1. The van der Waals surface area contributed by atoms with Gasteiger partial charge in [-0.05, 0) is 25.1 Å². The van der Waals surface area contributed by atoms with E-state index in [0.717, 1.165) is 6.07 Å². The van der Waals surface area contributed by atoms with Gasteiger partial charge in [0.15, 0.2) is 0 Å². The van der Waals surface area contributed by atoms with Crippen LogP contribution in [-0.4, -0.2) is 40.3 Å². The van der Waals surface area contributed by atoms with Crippen molar-refractivity contribution in [1.82, 2.24) is 19.5 Å². The summed E-state index contributed by atoms with van der Waals surface area (Å²) in [6, 6.07) is 1.03. The molecular weight excluding hydrogens is 365 g/mol. The molecule has 2 rings (SSSR count). The summed E-state index contributed by atoms with van der Waals surface area (Å²) >= 11 is 0. The predicted molar refractivity (Wildman–Crippen MR) is 78.2 cm³/mol. The Morgan fingerprint density at radius 3 is 2.60 bits per heavy atom. The number of hydrogen-bond acceptors (Lipinski definition) is 5. The van der Waals surface area contributed by atoms with Gasteiger partial charge in [-0.1, -0.05) is 0 Å². The van der Waals surface area contributed by atoms with Gasteiger partial charge in [0, 0.05) is 6.04 Å². The van der Waals surface area contributed by atoms with Crippen LogP contribution in [-0.2, 0) is 22.7 Å². The van der Waals surface area contributed by atoms with Crippen LogP contribution in [0.15, 0.2) is 35.7 Å². The molecule has 2 N–H and O–H groups in total. The molecule has 2 aromatic rings. The average Bonchev–Trinajstić information content (AvgIpc) is 2.97. The van der Waals surface area contributed by atoms with E-state index in [1.807, 2.05) is 0 Å². The topological polar surface area (TPSA) is 114 Å². The number of rotatable bonds is 6. The molecule has 1 aromatic heterocycles. The second-order valence-corrected chi connectivity index (χ2v) is 6.86. The van der Waals surface area contributed by atoms with Crippen molar-refractivity contribution in [2.45, 2.75) is 30.6 Å². The van der Waals surface area contributed by atoms with E-state index in [1.54, 1.807) is 0 Å². The Morgan fingerprint density at radius 1 is 1.40 bits per heavy atom. The van der Waals surface area contributed by atoms with E-state index in [9.17, 15) is 26.4 Å². The van der Waals surface area contributed by atoms with Gasteiger partial charge >= 0.3 is 12.1 Å². The molecule has 0 radical (unpaired) electrons. The van der Waals surface area contributed by atoms with Crippen molar-refractivity contribution in [1.29, 1.82) is 0 Å². The largest absolute Gasteiger partial charge is 0.478 e. The molecule has 0 amide bonds. The zero-order valence-corrected chi connectivity index (χ0v) is 13.5. The van der Waals surface area contributed by atoms with Gasteiger partial charge in [0.25, 0.3) is 0 Å². The molecule has 0 fully saturated rings. The molecule has 0 saturated carbocycles. The molecule has 1 heterocycles. The Balaban J connectivity index is 2.31. The molecule has 136 valence electrons. The van der Waals surface area contributed by atoms with Gasteiger partial charge in [-0.25, -0.2) is 22.9 Å². The first-order chi connectivity index (χ1) is 11.5. The van der Waals surface area contributed by atoms with Crippen LogP contribution in [0.2, 0.25) is 0 Å². The van der Waals surface area contributed by atoms with Gasteiger partial charge in [0.1, 0.15) is 12.7 Å². The molecule has 1 atom stereocenters. The van der Waals surface area contributed by atoms with Crippen molar-refractivity contribution in [2.75, 3.05) is 0 Å². The second-order valence-electron chi connectivity index (χ2n) is 5.15. The molecule has 1 aromatic carbocycles. The zero-order valence-electron chi connectivity index (χ0n) is 12.7. The zero-order chi connectivity index (χ0) is 18.8. The maximum absolute atomic E-state index is 13.0. The fraction of sp³-hybridized carbons (Fsp3) is 0.308. The minimum Gasteiger partial charge on any atom is -0.478 e. The van der Waals surface area contributed by atoms with Crippen LogP contribution in [0.5, 0.6) is 0 Å². The number of benzene rings is 1. The highest BCUT2D eigenvalue weighted by Crippen LogP contribution is 2.33. The summed E-state index contributed by atoms with van der Waals surface area (Å²) in [4.78, 5) is 13.9. The molecule has 0 aliphatic rings. The highest BCUT2D eigenvalue weighted by molar-refractivity contribution is 7.89. The summed E-state index contributed by atoms with van der Waals surface area (Å²) < 4.78 is 67.1. The molecule has 0 saturated heterocycles. The fourth-order valence-corrected chi connectivity index (χ4v) is 3.35. The Morgan fingerprint density at radius 2 is 2.08 bits per heavy atom. The smallest absolute Gasteiger partial charge is 0.417 e. The Labute approximate surface area is 140 Å². The Hall–Kier alpha value is -2.47. The van der Waals surface area contributed by atoms with Crippen LogP contribution in [0.3, 0.4) is 0 Å². The minimum atomic E-state index is -5.01.